The van der Waals surface area contributed by atoms with Crippen molar-refractivity contribution in [3.63, 3.8) is 0 Å². The topological polar surface area (TPSA) is 57.6 Å². The largest absolute Gasteiger partial charge is 0.479 e. The van der Waals surface area contributed by atoms with Crippen LogP contribution in [0.15, 0.2) is 12.7 Å². The van der Waals surface area contributed by atoms with Gasteiger partial charge in [0.1, 0.15) is 0 Å². The van der Waals surface area contributed by atoms with Crippen molar-refractivity contribution in [1.29, 1.82) is 0 Å². The van der Waals surface area contributed by atoms with Crippen LogP contribution in [0.5, 0.6) is 0 Å². The quantitative estimate of drug-likeness (QED) is 0.733. The molecule has 0 aromatic heterocycles. The molecule has 16 heavy (non-hydrogen) atoms. The summed E-state index contributed by atoms with van der Waals surface area (Å²) in [5.41, 5.74) is -1.92. The molecular formula is C9H10F3NO3. The van der Waals surface area contributed by atoms with E-state index in [0.29, 0.717) is 4.90 Å². The second kappa shape index (κ2) is 3.80. The van der Waals surface area contributed by atoms with Gasteiger partial charge in [0.05, 0.1) is 0 Å². The van der Waals surface area contributed by atoms with Crippen LogP contribution in [0.25, 0.3) is 0 Å². The number of hydrogen-bond donors (Lipinski definition) is 1. The van der Waals surface area contributed by atoms with Gasteiger partial charge in [0, 0.05) is 6.54 Å². The van der Waals surface area contributed by atoms with E-state index in [4.69, 9.17) is 5.11 Å². The Labute approximate surface area is 89.3 Å². The summed E-state index contributed by atoms with van der Waals surface area (Å²) in [7, 11) is 0. The van der Waals surface area contributed by atoms with Crippen LogP contribution in [-0.2, 0) is 9.59 Å². The predicted octanol–water partition coefficient (Wildman–Crippen LogP) is 1.18. The maximum Gasteiger partial charge on any atom is 0.471 e. The van der Waals surface area contributed by atoms with Gasteiger partial charge in [-0.2, -0.15) is 13.2 Å². The number of hydrogen-bond acceptors (Lipinski definition) is 2. The lowest BCUT2D eigenvalue weighted by molar-refractivity contribution is -0.190. The van der Waals surface area contributed by atoms with E-state index in [1.807, 2.05) is 0 Å². The Hall–Kier alpha value is -1.53. The van der Waals surface area contributed by atoms with Crippen molar-refractivity contribution < 1.29 is 27.9 Å². The number of likely N-dealkylation sites (tertiary alicyclic amines) is 1. The molecule has 1 heterocycles. The van der Waals surface area contributed by atoms with E-state index >= 15 is 0 Å². The van der Waals surface area contributed by atoms with E-state index in [9.17, 15) is 22.8 Å². The first-order chi connectivity index (χ1) is 7.25. The summed E-state index contributed by atoms with van der Waals surface area (Å²) in [5.74, 6) is -3.62. The number of carboxylic acid groups (broad SMARTS) is 1. The van der Waals surface area contributed by atoms with Crippen molar-refractivity contribution in [2.45, 2.75) is 24.6 Å². The maximum absolute atomic E-state index is 12.2. The second-order valence-corrected chi connectivity index (χ2v) is 3.49. The van der Waals surface area contributed by atoms with Gasteiger partial charge in [-0.25, -0.2) is 4.79 Å². The molecular weight excluding hydrogens is 227 g/mol. The minimum atomic E-state index is -5.06. The normalized spacial score (nSPS) is 25.6. The number of amides is 1. The minimum absolute atomic E-state index is 0.0480. The molecule has 0 bridgehead atoms. The molecule has 1 N–H and O–H groups in total. The van der Waals surface area contributed by atoms with Crippen LogP contribution in [0, 0.1) is 0 Å². The lowest BCUT2D eigenvalue weighted by Gasteiger charge is -2.32. The highest BCUT2D eigenvalue weighted by molar-refractivity contribution is 5.91. The van der Waals surface area contributed by atoms with E-state index in [-0.39, 0.29) is 19.4 Å². The van der Waals surface area contributed by atoms with Gasteiger partial charge in [0.15, 0.2) is 5.54 Å². The van der Waals surface area contributed by atoms with Crippen molar-refractivity contribution in [2.24, 2.45) is 0 Å². The molecule has 1 amide bonds. The number of halogens is 3. The van der Waals surface area contributed by atoms with Crippen LogP contribution in [0.1, 0.15) is 12.8 Å². The summed E-state index contributed by atoms with van der Waals surface area (Å²) in [4.78, 5) is 22.3. The first-order valence-corrected chi connectivity index (χ1v) is 4.51. The van der Waals surface area contributed by atoms with Gasteiger partial charge >= 0.3 is 18.1 Å². The minimum Gasteiger partial charge on any atom is -0.479 e. The van der Waals surface area contributed by atoms with E-state index in [0.717, 1.165) is 6.08 Å². The second-order valence-electron chi connectivity index (χ2n) is 3.49. The molecule has 1 fully saturated rings. The molecule has 0 aliphatic carbocycles. The van der Waals surface area contributed by atoms with Gasteiger partial charge < -0.3 is 10.0 Å². The molecule has 0 radical (unpaired) electrons. The number of rotatable bonds is 2. The fourth-order valence-electron chi connectivity index (χ4n) is 1.80. The van der Waals surface area contributed by atoms with Gasteiger partial charge in [-0.3, -0.25) is 4.79 Å². The molecule has 1 aliphatic rings. The number of alkyl halides is 3. The van der Waals surface area contributed by atoms with Crippen LogP contribution < -0.4 is 0 Å². The average molecular weight is 237 g/mol. The fraction of sp³-hybridized carbons (Fsp3) is 0.556. The van der Waals surface area contributed by atoms with Gasteiger partial charge in [-0.05, 0) is 12.8 Å². The molecule has 0 unspecified atom stereocenters. The van der Waals surface area contributed by atoms with Crippen molar-refractivity contribution in [2.75, 3.05) is 6.54 Å². The standard InChI is InChI=1S/C9H10F3NO3/c1-2-8(7(15)16)4-3-5-13(8)6(14)9(10,11)12/h2H,1,3-5H2,(H,15,16)/t8-/m0/s1. The van der Waals surface area contributed by atoms with Crippen molar-refractivity contribution >= 4 is 11.9 Å². The zero-order chi connectivity index (χ0) is 12.6. The summed E-state index contributed by atoms with van der Waals surface area (Å²) in [5, 5.41) is 8.92. The Balaban J connectivity index is 3.09. The summed E-state index contributed by atoms with van der Waals surface area (Å²) in [6.07, 6.45) is -4.02. The van der Waals surface area contributed by atoms with E-state index in [2.05, 4.69) is 6.58 Å². The first-order valence-electron chi connectivity index (χ1n) is 4.51. The van der Waals surface area contributed by atoms with Crippen LogP contribution in [-0.4, -0.2) is 40.1 Å². The molecule has 1 saturated heterocycles. The summed E-state index contributed by atoms with van der Waals surface area (Å²) >= 11 is 0. The highest BCUT2D eigenvalue weighted by Gasteiger charge is 2.54. The number of carbonyl (C=O) groups is 2. The van der Waals surface area contributed by atoms with Crippen molar-refractivity contribution in [3.05, 3.63) is 12.7 Å². The average Bonchev–Trinajstić information content (AvgIpc) is 2.59. The van der Waals surface area contributed by atoms with Crippen LogP contribution >= 0.6 is 0 Å². The molecule has 90 valence electrons. The maximum atomic E-state index is 12.2. The third-order valence-electron chi connectivity index (χ3n) is 2.62. The highest BCUT2D eigenvalue weighted by Crippen LogP contribution is 2.34. The van der Waals surface area contributed by atoms with Gasteiger partial charge in [-0.1, -0.05) is 6.08 Å². The van der Waals surface area contributed by atoms with Crippen LogP contribution in [0.4, 0.5) is 13.2 Å². The fourth-order valence-corrected chi connectivity index (χ4v) is 1.80. The number of carboxylic acids is 1. The number of aliphatic carboxylic acids is 1. The molecule has 1 rings (SSSR count). The van der Waals surface area contributed by atoms with Gasteiger partial charge in [-0.15, -0.1) is 6.58 Å². The van der Waals surface area contributed by atoms with Gasteiger partial charge in [0.25, 0.3) is 0 Å². The molecule has 1 aliphatic heterocycles. The summed E-state index contributed by atoms with van der Waals surface area (Å²) < 4.78 is 36.7. The predicted molar refractivity (Wildman–Crippen MR) is 47.6 cm³/mol. The molecule has 1 atom stereocenters. The van der Waals surface area contributed by atoms with Gasteiger partial charge in [0.2, 0.25) is 0 Å². The van der Waals surface area contributed by atoms with Crippen LogP contribution in [0.2, 0.25) is 0 Å². The third-order valence-corrected chi connectivity index (χ3v) is 2.62. The SMILES string of the molecule is C=C[C@@]1(C(=O)O)CCCN1C(=O)C(F)(F)F. The molecule has 0 aromatic rings. The van der Waals surface area contributed by atoms with E-state index < -0.39 is 23.6 Å². The Kier molecular flexibility index (Phi) is 2.98. The zero-order valence-corrected chi connectivity index (χ0v) is 8.25. The number of carbonyl (C=O) groups excluding carboxylic acids is 1. The molecule has 0 spiro atoms. The molecule has 0 aromatic carbocycles. The Bertz CT molecular complexity index is 339. The van der Waals surface area contributed by atoms with E-state index in [1.54, 1.807) is 0 Å². The molecule has 4 nitrogen and oxygen atoms in total. The molecule has 0 saturated carbocycles. The Morgan fingerprint density at radius 3 is 2.38 bits per heavy atom. The lowest BCUT2D eigenvalue weighted by atomic mass is 9.96. The van der Waals surface area contributed by atoms with Crippen molar-refractivity contribution in [3.8, 4) is 0 Å². The smallest absolute Gasteiger partial charge is 0.471 e. The van der Waals surface area contributed by atoms with Crippen molar-refractivity contribution in [1.82, 2.24) is 4.90 Å². The lowest BCUT2D eigenvalue weighted by Crippen LogP contribution is -2.55. The zero-order valence-electron chi connectivity index (χ0n) is 8.25. The number of nitrogens with zero attached hydrogens (tertiary/aromatic N) is 1. The van der Waals surface area contributed by atoms with Crippen LogP contribution in [0.3, 0.4) is 0 Å². The monoisotopic (exact) mass is 237 g/mol. The highest BCUT2D eigenvalue weighted by atomic mass is 19.4. The molecule has 7 heteroatoms. The first kappa shape index (κ1) is 12.5. The third kappa shape index (κ3) is 1.77. The summed E-state index contributed by atoms with van der Waals surface area (Å²) in [6, 6.07) is 0. The Morgan fingerprint density at radius 1 is 1.44 bits per heavy atom. The Morgan fingerprint density at radius 2 is 2.00 bits per heavy atom. The van der Waals surface area contributed by atoms with E-state index in [1.165, 1.54) is 0 Å². The summed E-state index contributed by atoms with van der Waals surface area (Å²) in [6.45, 7) is 2.98.